The zero-order valence-electron chi connectivity index (χ0n) is 16.4. The van der Waals surface area contributed by atoms with Gasteiger partial charge in [-0.05, 0) is 60.5 Å². The topological polar surface area (TPSA) is 63.5 Å². The zero-order chi connectivity index (χ0) is 22.1. The van der Waals surface area contributed by atoms with Crippen molar-refractivity contribution in [1.29, 1.82) is 0 Å². The molecule has 0 unspecified atom stereocenters. The van der Waals surface area contributed by atoms with Crippen LogP contribution in [0.15, 0.2) is 78.4 Å². The molecular formula is C24H16ClFN2O3. The molecular weight excluding hydrogens is 419 g/mol. The summed E-state index contributed by atoms with van der Waals surface area (Å²) in [6, 6.07) is 17.7. The van der Waals surface area contributed by atoms with Gasteiger partial charge in [-0.2, -0.15) is 0 Å². The van der Waals surface area contributed by atoms with Gasteiger partial charge in [0.2, 0.25) is 0 Å². The van der Waals surface area contributed by atoms with Gasteiger partial charge in [0.15, 0.2) is 0 Å². The van der Waals surface area contributed by atoms with Crippen molar-refractivity contribution in [2.45, 2.75) is 6.92 Å². The van der Waals surface area contributed by atoms with Crippen molar-refractivity contribution in [3.05, 3.63) is 116 Å². The highest BCUT2D eigenvalue weighted by Gasteiger charge is 2.30. The summed E-state index contributed by atoms with van der Waals surface area (Å²) >= 11 is 5.96. The number of nitro groups is 1. The van der Waals surface area contributed by atoms with Crippen LogP contribution in [0.4, 0.5) is 15.8 Å². The number of aryl methyl sites for hydroxylation is 1. The number of hydrogen-bond donors (Lipinski definition) is 0. The molecule has 3 aromatic rings. The molecule has 0 aliphatic carbocycles. The van der Waals surface area contributed by atoms with E-state index in [1.165, 1.54) is 35.2 Å². The van der Waals surface area contributed by atoms with E-state index in [1.807, 2.05) is 31.2 Å². The van der Waals surface area contributed by atoms with Crippen LogP contribution in [-0.2, 0) is 4.79 Å². The van der Waals surface area contributed by atoms with Crippen LogP contribution in [0.25, 0.3) is 11.8 Å². The predicted octanol–water partition coefficient (Wildman–Crippen LogP) is 6.17. The molecule has 31 heavy (non-hydrogen) atoms. The normalized spacial score (nSPS) is 14.8. The van der Waals surface area contributed by atoms with Crippen LogP contribution in [0, 0.1) is 22.9 Å². The molecule has 0 fully saturated rings. The molecule has 0 bridgehead atoms. The molecule has 3 aromatic carbocycles. The fourth-order valence-corrected chi connectivity index (χ4v) is 3.48. The summed E-state index contributed by atoms with van der Waals surface area (Å²) in [5.41, 5.74) is 3.96. The Morgan fingerprint density at radius 2 is 1.71 bits per heavy atom. The molecule has 0 radical (unpaired) electrons. The van der Waals surface area contributed by atoms with E-state index in [0.717, 1.165) is 11.1 Å². The molecule has 1 amide bonds. The lowest BCUT2D eigenvalue weighted by Crippen LogP contribution is -2.25. The first-order chi connectivity index (χ1) is 14.8. The SMILES string of the molecule is Cc1ccc(C2=C/C(=C\c3ccc([N+](=O)[O-])cc3)C(=O)N2c2ccc(F)c(Cl)c2)cc1. The van der Waals surface area contributed by atoms with Crippen LogP contribution in [0.2, 0.25) is 5.02 Å². The van der Waals surface area contributed by atoms with Gasteiger partial charge in [-0.1, -0.05) is 41.4 Å². The molecule has 7 heteroatoms. The highest BCUT2D eigenvalue weighted by Crippen LogP contribution is 2.36. The number of nitrogens with zero attached hydrogens (tertiary/aromatic N) is 2. The van der Waals surface area contributed by atoms with E-state index < -0.39 is 10.7 Å². The minimum absolute atomic E-state index is 0.0293. The van der Waals surface area contributed by atoms with Crippen molar-refractivity contribution in [3.8, 4) is 0 Å². The van der Waals surface area contributed by atoms with Gasteiger partial charge >= 0.3 is 0 Å². The summed E-state index contributed by atoms with van der Waals surface area (Å²) in [4.78, 5) is 25.2. The third kappa shape index (κ3) is 4.11. The van der Waals surface area contributed by atoms with Crippen LogP contribution >= 0.6 is 11.6 Å². The zero-order valence-corrected chi connectivity index (χ0v) is 17.1. The minimum Gasteiger partial charge on any atom is -0.276 e. The van der Waals surface area contributed by atoms with Crippen molar-refractivity contribution in [1.82, 2.24) is 0 Å². The Bertz CT molecular complexity index is 1250. The largest absolute Gasteiger partial charge is 0.276 e. The monoisotopic (exact) mass is 434 g/mol. The summed E-state index contributed by atoms with van der Waals surface area (Å²) in [6.07, 6.45) is 3.40. The molecule has 4 rings (SSSR count). The second kappa shape index (κ2) is 8.16. The lowest BCUT2D eigenvalue weighted by Gasteiger charge is -2.21. The van der Waals surface area contributed by atoms with E-state index in [-0.39, 0.29) is 16.6 Å². The molecule has 1 aliphatic heterocycles. The maximum Gasteiger partial charge on any atom is 0.269 e. The molecule has 0 atom stereocenters. The molecule has 0 aromatic heterocycles. The third-order valence-corrected chi connectivity index (χ3v) is 5.21. The van der Waals surface area contributed by atoms with Gasteiger partial charge < -0.3 is 0 Å². The quantitative estimate of drug-likeness (QED) is 0.280. The highest BCUT2D eigenvalue weighted by molar-refractivity contribution is 6.31. The van der Waals surface area contributed by atoms with Crippen molar-refractivity contribution in [2.75, 3.05) is 4.90 Å². The number of non-ortho nitro benzene ring substituents is 1. The maximum absolute atomic E-state index is 13.7. The number of rotatable bonds is 4. The molecule has 0 saturated carbocycles. The fraction of sp³-hybridized carbons (Fsp3) is 0.0417. The van der Waals surface area contributed by atoms with Crippen LogP contribution in [-0.4, -0.2) is 10.8 Å². The number of benzene rings is 3. The summed E-state index contributed by atoms with van der Waals surface area (Å²) in [5.74, 6) is -0.879. The van der Waals surface area contributed by atoms with E-state index in [0.29, 0.717) is 22.5 Å². The standard InChI is InChI=1S/C24H16ClFN2O3/c1-15-2-6-17(7-3-15)23-13-18(12-16-4-8-19(9-5-16)28(30)31)24(29)27(23)20-10-11-22(26)21(25)14-20/h2-14H,1H3/b18-12+. The first-order valence-electron chi connectivity index (χ1n) is 9.38. The Hall–Kier alpha value is -3.77. The third-order valence-electron chi connectivity index (χ3n) is 4.92. The van der Waals surface area contributed by atoms with Gasteiger partial charge in [0.1, 0.15) is 5.82 Å². The van der Waals surface area contributed by atoms with Crippen LogP contribution in [0.1, 0.15) is 16.7 Å². The minimum atomic E-state index is -0.570. The Kier molecular flexibility index (Phi) is 5.40. The van der Waals surface area contributed by atoms with Gasteiger partial charge in [-0.15, -0.1) is 0 Å². The van der Waals surface area contributed by atoms with Gasteiger partial charge in [-0.3, -0.25) is 19.8 Å². The van der Waals surface area contributed by atoms with Crippen LogP contribution in [0.5, 0.6) is 0 Å². The van der Waals surface area contributed by atoms with E-state index in [4.69, 9.17) is 11.6 Å². The number of carbonyl (C=O) groups is 1. The van der Waals surface area contributed by atoms with E-state index >= 15 is 0 Å². The van der Waals surface area contributed by atoms with Crippen molar-refractivity contribution in [2.24, 2.45) is 0 Å². The number of hydrogen-bond acceptors (Lipinski definition) is 3. The number of nitro benzene ring substituents is 1. The van der Waals surface area contributed by atoms with E-state index in [9.17, 15) is 19.3 Å². The predicted molar refractivity (Wildman–Crippen MR) is 119 cm³/mol. The van der Waals surface area contributed by atoms with Crippen molar-refractivity contribution >= 4 is 40.7 Å². The fourth-order valence-electron chi connectivity index (χ4n) is 3.30. The number of anilines is 1. The second-order valence-electron chi connectivity index (χ2n) is 7.08. The van der Waals surface area contributed by atoms with E-state index in [2.05, 4.69) is 0 Å². The molecule has 0 spiro atoms. The Morgan fingerprint density at radius 1 is 1.03 bits per heavy atom. The van der Waals surface area contributed by atoms with Crippen LogP contribution < -0.4 is 4.90 Å². The highest BCUT2D eigenvalue weighted by atomic mass is 35.5. The van der Waals surface area contributed by atoms with Gasteiger partial charge in [-0.25, -0.2) is 4.39 Å². The smallest absolute Gasteiger partial charge is 0.269 e. The Morgan fingerprint density at radius 3 is 2.32 bits per heavy atom. The van der Waals surface area contributed by atoms with Gasteiger partial charge in [0, 0.05) is 17.7 Å². The number of carbonyl (C=O) groups excluding carboxylic acids is 1. The average Bonchev–Trinajstić information content (AvgIpc) is 3.07. The average molecular weight is 435 g/mol. The molecule has 1 aliphatic rings. The molecule has 1 heterocycles. The first-order valence-corrected chi connectivity index (χ1v) is 9.76. The molecule has 5 nitrogen and oxygen atoms in total. The maximum atomic E-state index is 13.7. The lowest BCUT2D eigenvalue weighted by atomic mass is 10.1. The van der Waals surface area contributed by atoms with Gasteiger partial charge in [0.05, 0.1) is 21.3 Å². The van der Waals surface area contributed by atoms with Gasteiger partial charge in [0.25, 0.3) is 11.6 Å². The summed E-state index contributed by atoms with van der Waals surface area (Å²) in [7, 11) is 0. The van der Waals surface area contributed by atoms with Crippen LogP contribution in [0.3, 0.4) is 0 Å². The summed E-state index contributed by atoms with van der Waals surface area (Å²) in [5, 5.41) is 10.8. The molecule has 0 N–H and O–H groups in total. The summed E-state index contributed by atoms with van der Waals surface area (Å²) < 4.78 is 13.7. The lowest BCUT2D eigenvalue weighted by molar-refractivity contribution is -0.384. The summed E-state index contributed by atoms with van der Waals surface area (Å²) in [6.45, 7) is 1.97. The van der Waals surface area contributed by atoms with Crippen molar-refractivity contribution in [3.63, 3.8) is 0 Å². The van der Waals surface area contributed by atoms with E-state index in [1.54, 1.807) is 24.3 Å². The second-order valence-corrected chi connectivity index (χ2v) is 7.49. The Balaban J connectivity index is 1.80. The van der Waals surface area contributed by atoms with Crippen molar-refractivity contribution < 1.29 is 14.1 Å². The Labute approximate surface area is 182 Å². The first kappa shape index (κ1) is 20.5. The number of halogens is 2. The molecule has 154 valence electrons. The molecule has 0 saturated heterocycles. The number of amides is 1.